The van der Waals surface area contributed by atoms with Crippen LogP contribution in [0.5, 0.6) is 0 Å². The fourth-order valence-corrected chi connectivity index (χ4v) is 3.75. The third kappa shape index (κ3) is 5.30. The summed E-state index contributed by atoms with van der Waals surface area (Å²) in [4.78, 5) is 25.3. The third-order valence-corrected chi connectivity index (χ3v) is 5.72. The summed E-state index contributed by atoms with van der Waals surface area (Å²) < 4.78 is 6.90. The summed E-state index contributed by atoms with van der Waals surface area (Å²) in [6.07, 6.45) is 0. The molecule has 0 spiro atoms. The van der Waals surface area contributed by atoms with Crippen molar-refractivity contribution in [3.63, 3.8) is 0 Å². The van der Waals surface area contributed by atoms with E-state index in [4.69, 9.17) is 4.74 Å². The Morgan fingerprint density at radius 3 is 2.47 bits per heavy atom. The summed E-state index contributed by atoms with van der Waals surface area (Å²) in [5, 5.41) is 7.30. The maximum Gasteiger partial charge on any atom is 0.316 e. The van der Waals surface area contributed by atoms with Crippen LogP contribution in [0.1, 0.15) is 22.5 Å². The topological polar surface area (TPSA) is 73.2 Å². The number of benzene rings is 2. The second-order valence-corrected chi connectivity index (χ2v) is 8.09. The molecule has 0 radical (unpaired) electrons. The number of para-hydroxylation sites is 1. The van der Waals surface area contributed by atoms with E-state index >= 15 is 0 Å². The van der Waals surface area contributed by atoms with Crippen LogP contribution in [0.3, 0.4) is 0 Å². The van der Waals surface area contributed by atoms with Crippen LogP contribution in [0, 0.1) is 27.7 Å². The maximum atomic E-state index is 12.3. The minimum Gasteiger partial charge on any atom is -0.455 e. The smallest absolute Gasteiger partial charge is 0.316 e. The summed E-state index contributed by atoms with van der Waals surface area (Å²) in [6.45, 7) is 7.46. The number of esters is 1. The SMILES string of the molecule is Cc1ccc(SCC(=O)OCC(=O)Nc2c(C)nn(-c3ccccc3)c2C)cc1C. The molecular formula is C23H25N3O3S. The van der Waals surface area contributed by atoms with Crippen molar-refractivity contribution in [3.05, 3.63) is 71.0 Å². The highest BCUT2D eigenvalue weighted by Gasteiger charge is 2.16. The number of anilines is 1. The van der Waals surface area contributed by atoms with Crippen molar-refractivity contribution < 1.29 is 14.3 Å². The molecule has 0 saturated heterocycles. The van der Waals surface area contributed by atoms with Crippen molar-refractivity contribution in [2.24, 2.45) is 0 Å². The van der Waals surface area contributed by atoms with E-state index in [1.165, 1.54) is 22.9 Å². The number of carbonyl (C=O) groups is 2. The van der Waals surface area contributed by atoms with Crippen molar-refractivity contribution in [3.8, 4) is 5.69 Å². The van der Waals surface area contributed by atoms with E-state index in [9.17, 15) is 9.59 Å². The first kappa shape index (κ1) is 21.6. The number of aromatic nitrogens is 2. The highest BCUT2D eigenvalue weighted by atomic mass is 32.2. The number of nitrogens with zero attached hydrogens (tertiary/aromatic N) is 2. The Hall–Kier alpha value is -3.06. The predicted molar refractivity (Wildman–Crippen MR) is 119 cm³/mol. The van der Waals surface area contributed by atoms with E-state index in [0.717, 1.165) is 16.3 Å². The van der Waals surface area contributed by atoms with Gasteiger partial charge in [0.25, 0.3) is 5.91 Å². The number of aryl methyl sites for hydroxylation is 3. The molecule has 0 aliphatic rings. The van der Waals surface area contributed by atoms with E-state index < -0.39 is 11.9 Å². The molecule has 0 atom stereocenters. The quantitative estimate of drug-likeness (QED) is 0.451. The van der Waals surface area contributed by atoms with Gasteiger partial charge in [-0.3, -0.25) is 9.59 Å². The van der Waals surface area contributed by atoms with Crippen LogP contribution in [0.25, 0.3) is 5.69 Å². The Morgan fingerprint density at radius 2 is 1.77 bits per heavy atom. The molecule has 6 nitrogen and oxygen atoms in total. The molecule has 7 heteroatoms. The Kier molecular flexibility index (Phi) is 6.95. The average Bonchev–Trinajstić information content (AvgIpc) is 3.02. The van der Waals surface area contributed by atoms with Gasteiger partial charge in [-0.2, -0.15) is 5.10 Å². The van der Waals surface area contributed by atoms with Crippen LogP contribution < -0.4 is 5.32 Å². The summed E-state index contributed by atoms with van der Waals surface area (Å²) in [5.74, 6) is -0.667. The van der Waals surface area contributed by atoms with Crippen LogP contribution in [-0.2, 0) is 14.3 Å². The number of nitrogens with one attached hydrogen (secondary N) is 1. The Morgan fingerprint density at radius 1 is 1.03 bits per heavy atom. The van der Waals surface area contributed by atoms with Gasteiger partial charge >= 0.3 is 5.97 Å². The zero-order valence-electron chi connectivity index (χ0n) is 17.6. The molecule has 2 aromatic carbocycles. The normalized spacial score (nSPS) is 10.7. The van der Waals surface area contributed by atoms with E-state index in [1.54, 1.807) is 4.68 Å². The van der Waals surface area contributed by atoms with E-state index in [2.05, 4.69) is 10.4 Å². The number of thioether (sulfide) groups is 1. The molecule has 30 heavy (non-hydrogen) atoms. The molecule has 156 valence electrons. The number of amides is 1. The minimum absolute atomic E-state index is 0.153. The molecule has 0 aliphatic carbocycles. The van der Waals surface area contributed by atoms with Gasteiger partial charge in [0.15, 0.2) is 6.61 Å². The molecule has 0 saturated carbocycles. The highest BCUT2D eigenvalue weighted by Crippen LogP contribution is 2.23. The van der Waals surface area contributed by atoms with Crippen LogP contribution in [0.4, 0.5) is 5.69 Å². The van der Waals surface area contributed by atoms with Gasteiger partial charge in [-0.15, -0.1) is 11.8 Å². The zero-order chi connectivity index (χ0) is 21.7. The Labute approximate surface area is 180 Å². The molecule has 0 unspecified atom stereocenters. The molecular weight excluding hydrogens is 398 g/mol. The van der Waals surface area contributed by atoms with Crippen molar-refractivity contribution in [1.29, 1.82) is 0 Å². The van der Waals surface area contributed by atoms with Crippen LogP contribution in [0.15, 0.2) is 53.4 Å². The van der Waals surface area contributed by atoms with E-state index in [1.807, 2.05) is 76.2 Å². The van der Waals surface area contributed by atoms with E-state index in [-0.39, 0.29) is 12.4 Å². The Bertz CT molecular complexity index is 1060. The predicted octanol–water partition coefficient (Wildman–Crippen LogP) is 4.38. The molecule has 3 rings (SSSR count). The molecule has 1 N–H and O–H groups in total. The van der Waals surface area contributed by atoms with E-state index in [0.29, 0.717) is 11.4 Å². The average molecular weight is 424 g/mol. The van der Waals surface area contributed by atoms with Gasteiger partial charge in [0.2, 0.25) is 0 Å². The van der Waals surface area contributed by atoms with Crippen molar-refractivity contribution in [2.75, 3.05) is 17.7 Å². The summed E-state index contributed by atoms with van der Waals surface area (Å²) >= 11 is 1.39. The Balaban J connectivity index is 1.53. The lowest BCUT2D eigenvalue weighted by Crippen LogP contribution is -2.22. The van der Waals surface area contributed by atoms with Gasteiger partial charge in [0.1, 0.15) is 0 Å². The number of hydrogen-bond acceptors (Lipinski definition) is 5. The van der Waals surface area contributed by atoms with Gasteiger partial charge < -0.3 is 10.1 Å². The van der Waals surface area contributed by atoms with Crippen molar-refractivity contribution >= 4 is 29.3 Å². The molecule has 0 fully saturated rings. The number of hydrogen-bond donors (Lipinski definition) is 1. The number of carbonyl (C=O) groups excluding carboxylic acids is 2. The largest absolute Gasteiger partial charge is 0.455 e. The van der Waals surface area contributed by atoms with Crippen LogP contribution in [0.2, 0.25) is 0 Å². The molecule has 0 bridgehead atoms. The van der Waals surface area contributed by atoms with Gasteiger partial charge in [-0.25, -0.2) is 4.68 Å². The van der Waals surface area contributed by atoms with Gasteiger partial charge in [0, 0.05) is 4.90 Å². The first-order chi connectivity index (χ1) is 14.3. The van der Waals surface area contributed by atoms with Gasteiger partial charge in [-0.1, -0.05) is 24.3 Å². The highest BCUT2D eigenvalue weighted by molar-refractivity contribution is 8.00. The zero-order valence-corrected chi connectivity index (χ0v) is 18.4. The minimum atomic E-state index is -0.429. The maximum absolute atomic E-state index is 12.3. The fourth-order valence-electron chi connectivity index (χ4n) is 2.95. The monoisotopic (exact) mass is 423 g/mol. The molecule has 0 aliphatic heterocycles. The second kappa shape index (κ2) is 9.63. The lowest BCUT2D eigenvalue weighted by molar-refractivity contribution is -0.144. The summed E-state index contributed by atoms with van der Waals surface area (Å²) in [6, 6.07) is 15.7. The number of ether oxygens (including phenoxy) is 1. The lowest BCUT2D eigenvalue weighted by Gasteiger charge is -2.08. The van der Waals surface area contributed by atoms with Crippen molar-refractivity contribution in [2.45, 2.75) is 32.6 Å². The third-order valence-electron chi connectivity index (χ3n) is 4.76. The first-order valence-corrected chi connectivity index (χ1v) is 10.6. The summed E-state index contributed by atoms with van der Waals surface area (Å²) in [5.41, 5.74) is 5.43. The molecule has 1 heterocycles. The van der Waals surface area contributed by atoms with Gasteiger partial charge in [0.05, 0.1) is 28.5 Å². The summed E-state index contributed by atoms with van der Waals surface area (Å²) in [7, 11) is 0. The molecule has 3 aromatic rings. The fraction of sp³-hybridized carbons (Fsp3) is 0.261. The van der Waals surface area contributed by atoms with Crippen LogP contribution in [-0.4, -0.2) is 34.0 Å². The van der Waals surface area contributed by atoms with Crippen molar-refractivity contribution in [1.82, 2.24) is 9.78 Å². The standard InChI is InChI=1S/C23H25N3O3S/c1-15-10-11-20(12-16(15)2)30-14-22(28)29-13-21(27)24-23-17(3)25-26(18(23)4)19-8-6-5-7-9-19/h5-12H,13-14H2,1-4H3,(H,24,27). The molecule has 1 aromatic heterocycles. The lowest BCUT2D eigenvalue weighted by atomic mass is 10.1. The van der Waals surface area contributed by atoms with Gasteiger partial charge in [-0.05, 0) is 63.1 Å². The second-order valence-electron chi connectivity index (χ2n) is 7.04. The first-order valence-electron chi connectivity index (χ1n) is 9.62. The number of rotatable bonds is 7. The molecule has 1 amide bonds. The van der Waals surface area contributed by atoms with Crippen LogP contribution >= 0.6 is 11.8 Å².